The number of para-hydroxylation sites is 2. The van der Waals surface area contributed by atoms with Gasteiger partial charge < -0.3 is 9.73 Å². The summed E-state index contributed by atoms with van der Waals surface area (Å²) in [6.45, 7) is 6.28. The Balaban J connectivity index is 1.51. The SMILES string of the molecule is Cc1ccc(-c2nc3ccccc3o2)cc1NC(=O)C=Cc1ccc(C(C)C)cc1. The molecule has 0 radical (unpaired) electrons. The molecule has 0 saturated carbocycles. The molecule has 30 heavy (non-hydrogen) atoms. The minimum atomic E-state index is -0.180. The maximum Gasteiger partial charge on any atom is 0.248 e. The number of aromatic nitrogens is 1. The number of oxazole rings is 1. The minimum Gasteiger partial charge on any atom is -0.436 e. The smallest absolute Gasteiger partial charge is 0.248 e. The van der Waals surface area contributed by atoms with Gasteiger partial charge >= 0.3 is 0 Å². The van der Waals surface area contributed by atoms with Gasteiger partial charge in [-0.25, -0.2) is 4.98 Å². The lowest BCUT2D eigenvalue weighted by Crippen LogP contribution is -2.09. The van der Waals surface area contributed by atoms with Crippen LogP contribution in [0, 0.1) is 6.92 Å². The minimum absolute atomic E-state index is 0.180. The number of hydrogen-bond donors (Lipinski definition) is 1. The third-order valence-corrected chi connectivity index (χ3v) is 5.07. The van der Waals surface area contributed by atoms with Gasteiger partial charge in [-0.3, -0.25) is 4.79 Å². The average molecular weight is 396 g/mol. The maximum atomic E-state index is 12.5. The van der Waals surface area contributed by atoms with E-state index < -0.39 is 0 Å². The highest BCUT2D eigenvalue weighted by Gasteiger charge is 2.10. The summed E-state index contributed by atoms with van der Waals surface area (Å²) in [6.07, 6.45) is 3.37. The van der Waals surface area contributed by atoms with E-state index in [4.69, 9.17) is 4.42 Å². The molecule has 0 saturated heterocycles. The van der Waals surface area contributed by atoms with Crippen molar-refractivity contribution in [1.29, 1.82) is 0 Å². The van der Waals surface area contributed by atoms with Crippen molar-refractivity contribution in [3.8, 4) is 11.5 Å². The first-order chi connectivity index (χ1) is 14.5. The van der Waals surface area contributed by atoms with Crippen molar-refractivity contribution in [3.63, 3.8) is 0 Å². The van der Waals surface area contributed by atoms with Crippen LogP contribution in [0.4, 0.5) is 5.69 Å². The third kappa shape index (κ3) is 4.33. The molecule has 0 spiro atoms. The second kappa shape index (κ2) is 8.37. The van der Waals surface area contributed by atoms with E-state index in [0.717, 1.165) is 33.5 Å². The van der Waals surface area contributed by atoms with E-state index in [0.29, 0.717) is 11.8 Å². The molecule has 0 aliphatic carbocycles. The molecule has 3 aromatic carbocycles. The Morgan fingerprint density at radius 3 is 2.53 bits per heavy atom. The van der Waals surface area contributed by atoms with Crippen LogP contribution in [0.2, 0.25) is 0 Å². The Bertz CT molecular complexity index is 1180. The monoisotopic (exact) mass is 396 g/mol. The van der Waals surface area contributed by atoms with Crippen LogP contribution in [0.15, 0.2) is 77.2 Å². The molecule has 1 heterocycles. The lowest BCUT2D eigenvalue weighted by Gasteiger charge is -2.08. The Morgan fingerprint density at radius 1 is 1.03 bits per heavy atom. The van der Waals surface area contributed by atoms with Gasteiger partial charge in [0.1, 0.15) is 5.52 Å². The molecule has 4 aromatic rings. The number of hydrogen-bond acceptors (Lipinski definition) is 3. The Labute approximate surface area is 176 Å². The van der Waals surface area contributed by atoms with E-state index in [9.17, 15) is 4.79 Å². The highest BCUT2D eigenvalue weighted by molar-refractivity contribution is 6.02. The normalized spacial score (nSPS) is 11.5. The molecule has 0 atom stereocenters. The number of benzene rings is 3. The number of nitrogens with one attached hydrogen (secondary N) is 1. The predicted molar refractivity (Wildman–Crippen MR) is 122 cm³/mol. The molecule has 1 N–H and O–H groups in total. The molecule has 150 valence electrons. The van der Waals surface area contributed by atoms with Crippen LogP contribution in [0.3, 0.4) is 0 Å². The average Bonchev–Trinajstić information content (AvgIpc) is 3.18. The lowest BCUT2D eigenvalue weighted by molar-refractivity contribution is -0.111. The maximum absolute atomic E-state index is 12.5. The van der Waals surface area contributed by atoms with Gasteiger partial charge in [-0.1, -0.05) is 56.3 Å². The van der Waals surface area contributed by atoms with E-state index in [2.05, 4.69) is 36.3 Å². The van der Waals surface area contributed by atoms with Crippen molar-refractivity contribution >= 4 is 28.8 Å². The second-order valence-electron chi connectivity index (χ2n) is 7.66. The fourth-order valence-electron chi connectivity index (χ4n) is 3.22. The number of anilines is 1. The summed E-state index contributed by atoms with van der Waals surface area (Å²) in [4.78, 5) is 17.0. The Kier molecular flexibility index (Phi) is 5.48. The predicted octanol–water partition coefficient (Wildman–Crippen LogP) is 6.58. The highest BCUT2D eigenvalue weighted by Crippen LogP contribution is 2.28. The van der Waals surface area contributed by atoms with Gasteiger partial charge in [-0.2, -0.15) is 0 Å². The molecule has 4 rings (SSSR count). The number of fused-ring (bicyclic) bond motifs is 1. The van der Waals surface area contributed by atoms with Gasteiger partial charge in [0.25, 0.3) is 0 Å². The Morgan fingerprint density at radius 2 is 1.80 bits per heavy atom. The zero-order valence-electron chi connectivity index (χ0n) is 17.3. The van der Waals surface area contributed by atoms with Gasteiger partial charge in [0, 0.05) is 17.3 Å². The number of nitrogens with zero attached hydrogens (tertiary/aromatic N) is 1. The van der Waals surface area contributed by atoms with Crippen molar-refractivity contribution in [2.24, 2.45) is 0 Å². The molecular formula is C26H24N2O2. The first-order valence-electron chi connectivity index (χ1n) is 10.1. The van der Waals surface area contributed by atoms with Gasteiger partial charge in [0.15, 0.2) is 5.58 Å². The summed E-state index contributed by atoms with van der Waals surface area (Å²) in [5.41, 5.74) is 6.35. The Hall–Kier alpha value is -3.66. The van der Waals surface area contributed by atoms with Crippen molar-refractivity contribution in [2.75, 3.05) is 5.32 Å². The van der Waals surface area contributed by atoms with Crippen LogP contribution in [0.25, 0.3) is 28.6 Å². The molecule has 4 nitrogen and oxygen atoms in total. The van der Waals surface area contributed by atoms with E-state index >= 15 is 0 Å². The van der Waals surface area contributed by atoms with Crippen molar-refractivity contribution in [2.45, 2.75) is 26.7 Å². The molecule has 1 aromatic heterocycles. The topological polar surface area (TPSA) is 55.1 Å². The summed E-state index contributed by atoms with van der Waals surface area (Å²) >= 11 is 0. The molecule has 0 aliphatic rings. The first kappa shape index (κ1) is 19.6. The summed E-state index contributed by atoms with van der Waals surface area (Å²) < 4.78 is 5.85. The number of carbonyl (C=O) groups is 1. The van der Waals surface area contributed by atoms with Crippen molar-refractivity contribution < 1.29 is 9.21 Å². The number of amides is 1. The number of carbonyl (C=O) groups excluding carboxylic acids is 1. The van der Waals surface area contributed by atoms with Gasteiger partial charge in [-0.15, -0.1) is 0 Å². The van der Waals surface area contributed by atoms with Crippen LogP contribution < -0.4 is 5.32 Å². The molecule has 1 amide bonds. The molecule has 4 heteroatoms. The van der Waals surface area contributed by atoms with Crippen LogP contribution in [0.5, 0.6) is 0 Å². The van der Waals surface area contributed by atoms with Crippen molar-refractivity contribution in [1.82, 2.24) is 4.98 Å². The van der Waals surface area contributed by atoms with Crippen molar-refractivity contribution in [3.05, 3.63) is 89.5 Å². The lowest BCUT2D eigenvalue weighted by atomic mass is 10.0. The molecule has 0 unspecified atom stereocenters. The zero-order valence-corrected chi connectivity index (χ0v) is 17.3. The summed E-state index contributed by atoms with van der Waals surface area (Å²) in [5.74, 6) is 0.844. The van der Waals surface area contributed by atoms with Crippen LogP contribution in [-0.2, 0) is 4.79 Å². The fourth-order valence-corrected chi connectivity index (χ4v) is 3.22. The number of rotatable bonds is 5. The molecule has 0 aliphatic heterocycles. The number of aryl methyl sites for hydroxylation is 1. The van der Waals surface area contributed by atoms with Crippen LogP contribution in [-0.4, -0.2) is 10.9 Å². The van der Waals surface area contributed by atoms with E-state index in [1.54, 1.807) is 6.08 Å². The zero-order chi connectivity index (χ0) is 21.1. The summed E-state index contributed by atoms with van der Waals surface area (Å²) in [5, 5.41) is 2.96. The van der Waals surface area contributed by atoms with Gasteiger partial charge in [0.2, 0.25) is 11.8 Å². The summed E-state index contributed by atoms with van der Waals surface area (Å²) in [6, 6.07) is 21.7. The van der Waals surface area contributed by atoms with Gasteiger partial charge in [-0.05, 0) is 59.9 Å². The van der Waals surface area contributed by atoms with E-state index in [-0.39, 0.29) is 5.91 Å². The van der Waals surface area contributed by atoms with E-state index in [1.165, 1.54) is 5.56 Å². The standard InChI is InChI=1S/C26H24N2O2/c1-17(2)20-13-9-19(10-14-20)11-15-25(29)27-23-16-21(12-8-18(23)3)26-28-22-6-4-5-7-24(22)30-26/h4-17H,1-3H3,(H,27,29). The van der Waals surface area contributed by atoms with Crippen LogP contribution in [0.1, 0.15) is 36.5 Å². The first-order valence-corrected chi connectivity index (χ1v) is 10.1. The molecule has 0 bridgehead atoms. The quantitative estimate of drug-likeness (QED) is 0.388. The fraction of sp³-hybridized carbons (Fsp3) is 0.154. The summed E-state index contributed by atoms with van der Waals surface area (Å²) in [7, 11) is 0. The van der Waals surface area contributed by atoms with E-state index in [1.807, 2.05) is 67.6 Å². The third-order valence-electron chi connectivity index (χ3n) is 5.07. The largest absolute Gasteiger partial charge is 0.436 e. The highest BCUT2D eigenvalue weighted by atomic mass is 16.3. The second-order valence-corrected chi connectivity index (χ2v) is 7.66. The molecule has 0 fully saturated rings. The molecular weight excluding hydrogens is 372 g/mol. The van der Waals surface area contributed by atoms with Crippen LogP contribution >= 0.6 is 0 Å². The van der Waals surface area contributed by atoms with Gasteiger partial charge in [0.05, 0.1) is 0 Å².